The first-order valence-corrected chi connectivity index (χ1v) is 18.6. The largest absolute Gasteiger partial charge is 0.463 e. The molecule has 0 aromatic heterocycles. The molecule has 3 aliphatic rings. The van der Waals surface area contributed by atoms with Crippen molar-refractivity contribution in [2.24, 2.45) is 0 Å². The molecule has 20 heteroatoms. The van der Waals surface area contributed by atoms with E-state index in [0.717, 1.165) is 34.6 Å². The van der Waals surface area contributed by atoms with E-state index in [1.807, 2.05) is 6.92 Å². The maximum Gasteiger partial charge on any atom is 0.367 e. The van der Waals surface area contributed by atoms with Crippen molar-refractivity contribution in [3.8, 4) is 0 Å². The Labute approximate surface area is 325 Å². The first-order chi connectivity index (χ1) is 26.4. The van der Waals surface area contributed by atoms with E-state index in [9.17, 15) is 38.4 Å². The summed E-state index contributed by atoms with van der Waals surface area (Å²) in [5, 5.41) is 2.59. The molecule has 56 heavy (non-hydrogen) atoms. The number of carbonyl (C=O) groups is 8. The fourth-order valence-electron chi connectivity index (χ4n) is 6.48. The molecule has 1 aromatic rings. The first kappa shape index (κ1) is 43.9. The highest BCUT2D eigenvalue weighted by molar-refractivity contribution is 7.99. The zero-order valence-corrected chi connectivity index (χ0v) is 32.6. The summed E-state index contributed by atoms with van der Waals surface area (Å²) in [6, 6.07) is 6.55. The normalized spacial score (nSPS) is 29.2. The van der Waals surface area contributed by atoms with E-state index in [1.54, 1.807) is 18.2 Å². The number of nitrogens with one attached hydrogen (secondary N) is 1. The van der Waals surface area contributed by atoms with Crippen LogP contribution < -0.4 is 5.32 Å². The maximum absolute atomic E-state index is 14.3. The Bertz CT molecular complexity index is 1640. The van der Waals surface area contributed by atoms with Gasteiger partial charge in [-0.05, 0) is 17.9 Å². The highest BCUT2D eigenvalue weighted by atomic mass is 32.2. The lowest BCUT2D eigenvalue weighted by atomic mass is 9.86. The van der Waals surface area contributed by atoms with Gasteiger partial charge in [-0.2, -0.15) is 0 Å². The minimum Gasteiger partial charge on any atom is -0.463 e. The van der Waals surface area contributed by atoms with Crippen molar-refractivity contribution < 1.29 is 85.7 Å². The van der Waals surface area contributed by atoms with Crippen LogP contribution in [0.1, 0.15) is 65.2 Å². The Hall–Kier alpha value is -4.79. The highest BCUT2D eigenvalue weighted by Gasteiger charge is 2.66. The van der Waals surface area contributed by atoms with E-state index in [-0.39, 0.29) is 5.56 Å². The lowest BCUT2D eigenvalue weighted by Crippen LogP contribution is -2.74. The number of amides is 1. The van der Waals surface area contributed by atoms with Crippen molar-refractivity contribution in [3.63, 3.8) is 0 Å². The number of ether oxygens (including phenoxy) is 10. The van der Waals surface area contributed by atoms with Gasteiger partial charge >= 0.3 is 41.8 Å². The van der Waals surface area contributed by atoms with Gasteiger partial charge in [0.15, 0.2) is 24.4 Å². The van der Waals surface area contributed by atoms with Gasteiger partial charge in [-0.25, -0.2) is 9.59 Å². The SMILES string of the molecule is CCS[C@@H]1O[C@H](COC(C)=O)[C@@H]2OC(=O)[C@]3(C[C@H](OC(C)=O)[C@@H](NC(C)=O)[C@H]([C@H](OC(C)=O)[C@@H](COC(C)=O)OC(C)=O)O3)O[C@@H]2[C@H]1OC(=O)c1ccccc1. The smallest absolute Gasteiger partial charge is 0.367 e. The topological polar surface area (TPSA) is 241 Å². The molecule has 11 atom stereocenters. The van der Waals surface area contributed by atoms with Crippen molar-refractivity contribution in [1.29, 1.82) is 0 Å². The molecule has 0 unspecified atom stereocenters. The van der Waals surface area contributed by atoms with Crippen molar-refractivity contribution >= 4 is 59.5 Å². The van der Waals surface area contributed by atoms with E-state index in [2.05, 4.69) is 5.32 Å². The fraction of sp³-hybridized carbons (Fsp3) is 0.611. The van der Waals surface area contributed by atoms with Crippen LogP contribution in [-0.2, 0) is 80.9 Å². The van der Waals surface area contributed by atoms with Crippen molar-refractivity contribution in [3.05, 3.63) is 35.9 Å². The zero-order valence-electron chi connectivity index (χ0n) is 31.7. The quantitative estimate of drug-likeness (QED) is 0.203. The average molecular weight is 812 g/mol. The predicted molar refractivity (Wildman–Crippen MR) is 187 cm³/mol. The Morgan fingerprint density at radius 3 is 2.07 bits per heavy atom. The molecule has 1 aromatic carbocycles. The Morgan fingerprint density at radius 1 is 0.839 bits per heavy atom. The summed E-state index contributed by atoms with van der Waals surface area (Å²) in [5.74, 6) is -9.04. The van der Waals surface area contributed by atoms with Gasteiger partial charge in [0, 0.05) is 41.5 Å². The molecule has 3 aliphatic heterocycles. The monoisotopic (exact) mass is 811 g/mol. The first-order valence-electron chi connectivity index (χ1n) is 17.6. The molecule has 1 spiro atoms. The van der Waals surface area contributed by atoms with Gasteiger partial charge in [-0.1, -0.05) is 25.1 Å². The van der Waals surface area contributed by atoms with Gasteiger partial charge in [0.25, 0.3) is 5.79 Å². The Morgan fingerprint density at radius 2 is 1.50 bits per heavy atom. The summed E-state index contributed by atoms with van der Waals surface area (Å²) in [5.41, 5.74) is -0.825. The zero-order chi connectivity index (χ0) is 41.3. The van der Waals surface area contributed by atoms with Crippen LogP contribution in [0.3, 0.4) is 0 Å². The van der Waals surface area contributed by atoms with Crippen molar-refractivity contribution in [2.45, 2.75) is 121 Å². The van der Waals surface area contributed by atoms with Crippen LogP contribution in [0.15, 0.2) is 30.3 Å². The summed E-state index contributed by atoms with van der Waals surface area (Å²) in [6.45, 7) is 7.20. The lowest BCUT2D eigenvalue weighted by Gasteiger charge is -2.55. The Balaban J connectivity index is 1.88. The average Bonchev–Trinajstić information content (AvgIpc) is 3.11. The lowest BCUT2D eigenvalue weighted by molar-refractivity contribution is -0.376. The van der Waals surface area contributed by atoms with E-state index in [4.69, 9.17) is 47.4 Å². The molecule has 3 fully saturated rings. The number of carbonyl (C=O) groups excluding carboxylic acids is 8. The second-order valence-electron chi connectivity index (χ2n) is 12.9. The predicted octanol–water partition coefficient (Wildman–Crippen LogP) is 0.912. The minimum absolute atomic E-state index is 0.171. The third kappa shape index (κ3) is 11.2. The van der Waals surface area contributed by atoms with Crippen LogP contribution in [0.25, 0.3) is 0 Å². The molecule has 0 saturated carbocycles. The molecule has 1 N–H and O–H groups in total. The van der Waals surface area contributed by atoms with E-state index in [1.165, 1.54) is 30.8 Å². The van der Waals surface area contributed by atoms with Crippen LogP contribution in [0.5, 0.6) is 0 Å². The van der Waals surface area contributed by atoms with Gasteiger partial charge in [-0.15, -0.1) is 11.8 Å². The van der Waals surface area contributed by atoms with E-state index >= 15 is 0 Å². The van der Waals surface area contributed by atoms with Gasteiger partial charge in [0.05, 0.1) is 18.0 Å². The van der Waals surface area contributed by atoms with Crippen LogP contribution in [-0.4, -0.2) is 133 Å². The second-order valence-corrected chi connectivity index (χ2v) is 14.3. The number of hydrogen-bond acceptors (Lipinski definition) is 19. The Kier molecular flexibility index (Phi) is 15.2. The highest BCUT2D eigenvalue weighted by Crippen LogP contribution is 2.45. The number of rotatable bonds is 14. The number of esters is 7. The number of benzene rings is 1. The summed E-state index contributed by atoms with van der Waals surface area (Å²) < 4.78 is 58.1. The molecule has 308 valence electrons. The molecule has 3 heterocycles. The maximum atomic E-state index is 14.3. The van der Waals surface area contributed by atoms with Crippen LogP contribution in [0, 0.1) is 0 Å². The van der Waals surface area contributed by atoms with Crippen molar-refractivity contribution in [2.75, 3.05) is 19.0 Å². The molecule has 3 saturated heterocycles. The number of hydrogen-bond donors (Lipinski definition) is 1. The minimum atomic E-state index is -2.58. The third-order valence-corrected chi connectivity index (χ3v) is 9.55. The molecule has 1 amide bonds. The summed E-state index contributed by atoms with van der Waals surface area (Å²) in [6.07, 6.45) is -12.6. The van der Waals surface area contributed by atoms with Crippen molar-refractivity contribution in [1.82, 2.24) is 5.32 Å². The molecule has 0 radical (unpaired) electrons. The second kappa shape index (κ2) is 19.4. The van der Waals surface area contributed by atoms with Gasteiger partial charge in [-0.3, -0.25) is 28.8 Å². The molecule has 0 bridgehead atoms. The molecule has 0 aliphatic carbocycles. The third-order valence-electron chi connectivity index (χ3n) is 8.50. The fourth-order valence-corrected chi connectivity index (χ4v) is 7.43. The molecule has 4 rings (SSSR count). The summed E-state index contributed by atoms with van der Waals surface area (Å²) in [4.78, 5) is 102. The van der Waals surface area contributed by atoms with E-state index < -0.39 is 133 Å². The van der Waals surface area contributed by atoms with Gasteiger partial charge in [0.1, 0.15) is 43.1 Å². The summed E-state index contributed by atoms with van der Waals surface area (Å²) >= 11 is 1.21. The summed E-state index contributed by atoms with van der Waals surface area (Å²) in [7, 11) is 0. The van der Waals surface area contributed by atoms with Crippen LogP contribution in [0.2, 0.25) is 0 Å². The van der Waals surface area contributed by atoms with Crippen LogP contribution >= 0.6 is 11.8 Å². The molecular weight excluding hydrogens is 766 g/mol. The number of fused-ring (bicyclic) bond motifs is 1. The standard InChI is InChI=1S/C36H45NO18S/c1-8-56-34-32(52-33(44)23-12-10-9-11-13-23)31-29(26(51-34)16-47-19(4)40)53-35(45)36(55-31)14-24(48-20(5)41)27(37-17(2)38)30(54-36)28(50-22(7)43)25(49-21(6)42)15-46-18(3)39/h9-13,24-32,34H,8,14-16H2,1-7H3,(H,37,38)/t24-,25+,26+,27+,28+,29-,30+,31-,32+,34-,36-/m0/s1. The molecular formula is C36H45NO18S. The van der Waals surface area contributed by atoms with Gasteiger partial charge < -0.3 is 52.7 Å². The number of thioether (sulfide) groups is 1. The molecule has 19 nitrogen and oxygen atoms in total. The van der Waals surface area contributed by atoms with Crippen LogP contribution in [0.4, 0.5) is 0 Å². The van der Waals surface area contributed by atoms with Gasteiger partial charge in [0.2, 0.25) is 5.91 Å². The van der Waals surface area contributed by atoms with E-state index in [0.29, 0.717) is 5.75 Å².